The van der Waals surface area contributed by atoms with E-state index in [1.807, 2.05) is 38.1 Å². The third kappa shape index (κ3) is 3.79. The topological polar surface area (TPSA) is 69.6 Å². The number of carbonyl (C=O) groups is 1. The summed E-state index contributed by atoms with van der Waals surface area (Å²) in [5, 5.41) is 3.70. The number of methoxy groups -OCH3 is 1. The van der Waals surface area contributed by atoms with Crippen LogP contribution in [0.1, 0.15) is 12.5 Å². The average Bonchev–Trinajstić information content (AvgIpc) is 2.66. The molecule has 3 aromatic rings. The minimum atomic E-state index is -0.319. The molecule has 0 aliphatic heterocycles. The second-order valence-electron chi connectivity index (χ2n) is 6.09. The third-order valence-electron chi connectivity index (χ3n) is 4.28. The number of hydrogen-bond donors (Lipinski definition) is 1. The first-order valence-electron chi connectivity index (χ1n) is 8.74. The fourth-order valence-corrected chi connectivity index (χ4v) is 3.08. The van der Waals surface area contributed by atoms with Crippen molar-refractivity contribution >= 4 is 22.5 Å². The van der Waals surface area contributed by atoms with Crippen molar-refractivity contribution in [3.63, 3.8) is 0 Å². The molecule has 1 heterocycles. The number of amides is 1. The highest BCUT2D eigenvalue weighted by atomic mass is 16.5. The monoisotopic (exact) mass is 366 g/mol. The van der Waals surface area contributed by atoms with Gasteiger partial charge in [0.25, 0.3) is 5.56 Å². The first-order chi connectivity index (χ1) is 13.0. The van der Waals surface area contributed by atoms with Gasteiger partial charge in [0.05, 0.1) is 24.9 Å². The number of fused-ring (bicyclic) bond motifs is 1. The molecule has 0 radical (unpaired) electrons. The predicted octanol–water partition coefficient (Wildman–Crippen LogP) is 3.36. The molecule has 2 aromatic carbocycles. The van der Waals surface area contributed by atoms with E-state index in [-0.39, 0.29) is 18.0 Å². The maximum absolute atomic E-state index is 12.7. The van der Waals surface area contributed by atoms with Crippen LogP contribution in [0.5, 0.6) is 11.5 Å². The Labute approximate surface area is 157 Å². The second-order valence-corrected chi connectivity index (χ2v) is 6.09. The van der Waals surface area contributed by atoms with Crippen LogP contribution in [0.25, 0.3) is 10.9 Å². The van der Waals surface area contributed by atoms with Gasteiger partial charge in [-0.15, -0.1) is 0 Å². The zero-order valence-corrected chi connectivity index (χ0v) is 15.6. The van der Waals surface area contributed by atoms with Gasteiger partial charge in [-0.1, -0.05) is 24.3 Å². The lowest BCUT2D eigenvalue weighted by Gasteiger charge is -2.16. The molecular formula is C21H22N2O4. The Kier molecular flexibility index (Phi) is 5.45. The minimum Gasteiger partial charge on any atom is -0.495 e. The van der Waals surface area contributed by atoms with Gasteiger partial charge < -0.3 is 14.8 Å². The Morgan fingerprint density at radius 2 is 1.85 bits per heavy atom. The zero-order chi connectivity index (χ0) is 19.4. The average molecular weight is 366 g/mol. The van der Waals surface area contributed by atoms with Crippen LogP contribution in [0.2, 0.25) is 0 Å². The summed E-state index contributed by atoms with van der Waals surface area (Å²) in [6.45, 7) is 4.11. The van der Waals surface area contributed by atoms with Crippen LogP contribution in [0, 0.1) is 6.92 Å². The number of aromatic nitrogens is 1. The molecule has 1 aromatic heterocycles. The van der Waals surface area contributed by atoms with Gasteiger partial charge in [-0.05, 0) is 37.6 Å². The maximum atomic E-state index is 12.7. The molecular weight excluding hydrogens is 344 g/mol. The number of ether oxygens (including phenoxy) is 2. The molecule has 1 N–H and O–H groups in total. The van der Waals surface area contributed by atoms with Gasteiger partial charge in [0.1, 0.15) is 18.0 Å². The van der Waals surface area contributed by atoms with Gasteiger partial charge in [-0.25, -0.2) is 0 Å². The van der Waals surface area contributed by atoms with E-state index in [0.29, 0.717) is 29.3 Å². The Morgan fingerprint density at radius 3 is 2.59 bits per heavy atom. The smallest absolute Gasteiger partial charge is 0.251 e. The van der Waals surface area contributed by atoms with E-state index in [4.69, 9.17) is 9.47 Å². The van der Waals surface area contributed by atoms with E-state index in [9.17, 15) is 9.59 Å². The molecule has 0 fully saturated rings. The van der Waals surface area contributed by atoms with Crippen molar-refractivity contribution in [2.24, 2.45) is 0 Å². The lowest BCUT2D eigenvalue weighted by molar-refractivity contribution is -0.116. The van der Waals surface area contributed by atoms with Crippen LogP contribution in [0.4, 0.5) is 5.69 Å². The van der Waals surface area contributed by atoms with Crippen LogP contribution in [0.3, 0.4) is 0 Å². The highest BCUT2D eigenvalue weighted by Gasteiger charge is 2.15. The number of hydrogen-bond acceptors (Lipinski definition) is 4. The summed E-state index contributed by atoms with van der Waals surface area (Å²) in [5.41, 5.74) is 1.77. The van der Waals surface area contributed by atoms with Crippen molar-refractivity contribution in [2.75, 3.05) is 19.0 Å². The predicted molar refractivity (Wildman–Crippen MR) is 106 cm³/mol. The lowest BCUT2D eigenvalue weighted by atomic mass is 10.1. The Morgan fingerprint density at radius 1 is 1.11 bits per heavy atom. The third-order valence-corrected chi connectivity index (χ3v) is 4.28. The summed E-state index contributed by atoms with van der Waals surface area (Å²) in [7, 11) is 1.55. The number of pyridine rings is 1. The number of benzene rings is 2. The molecule has 0 saturated carbocycles. The second kappa shape index (κ2) is 7.95. The van der Waals surface area contributed by atoms with Crippen LogP contribution in [0.15, 0.2) is 53.3 Å². The molecule has 0 unspecified atom stereocenters. The zero-order valence-electron chi connectivity index (χ0n) is 15.6. The summed E-state index contributed by atoms with van der Waals surface area (Å²) in [4.78, 5) is 25.2. The molecule has 0 aliphatic rings. The summed E-state index contributed by atoms with van der Waals surface area (Å²) in [5.74, 6) is 0.822. The van der Waals surface area contributed by atoms with Crippen LogP contribution in [-0.4, -0.2) is 24.2 Å². The highest BCUT2D eigenvalue weighted by Crippen LogP contribution is 2.27. The summed E-state index contributed by atoms with van der Waals surface area (Å²) >= 11 is 0. The van der Waals surface area contributed by atoms with Crippen molar-refractivity contribution < 1.29 is 14.3 Å². The molecule has 0 spiro atoms. The molecule has 0 saturated heterocycles. The maximum Gasteiger partial charge on any atom is 0.251 e. The number of rotatable bonds is 6. The van der Waals surface area contributed by atoms with Gasteiger partial charge in [-0.3, -0.25) is 14.2 Å². The molecule has 6 nitrogen and oxygen atoms in total. The lowest BCUT2D eigenvalue weighted by Crippen LogP contribution is -2.28. The van der Waals surface area contributed by atoms with E-state index in [1.165, 1.54) is 10.6 Å². The quantitative estimate of drug-likeness (QED) is 0.726. The number of carbonyl (C=O) groups excluding carboxylic acids is 1. The van der Waals surface area contributed by atoms with Crippen molar-refractivity contribution in [3.8, 4) is 11.5 Å². The van der Waals surface area contributed by atoms with Crippen LogP contribution < -0.4 is 20.3 Å². The SMILES string of the molecule is CCOc1ccccc1NC(=O)Cn1c(=O)cc(C)c2cccc(OC)c21. The minimum absolute atomic E-state index is 0.129. The molecule has 140 valence electrons. The molecule has 27 heavy (non-hydrogen) atoms. The van der Waals surface area contributed by atoms with Crippen molar-refractivity contribution in [1.29, 1.82) is 0 Å². The fraction of sp³-hybridized carbons (Fsp3) is 0.238. The van der Waals surface area contributed by atoms with E-state index in [0.717, 1.165) is 10.9 Å². The Bertz CT molecular complexity index is 1040. The first kappa shape index (κ1) is 18.5. The number of anilines is 1. The van der Waals surface area contributed by atoms with Gasteiger partial charge in [0.2, 0.25) is 5.91 Å². The van der Waals surface area contributed by atoms with Crippen molar-refractivity contribution in [1.82, 2.24) is 4.57 Å². The van der Waals surface area contributed by atoms with Gasteiger partial charge in [0.15, 0.2) is 0 Å². The number of nitrogens with one attached hydrogen (secondary N) is 1. The molecule has 0 aliphatic carbocycles. The van der Waals surface area contributed by atoms with Gasteiger partial charge >= 0.3 is 0 Å². The Hall–Kier alpha value is -3.28. The number of aryl methyl sites for hydroxylation is 1. The van der Waals surface area contributed by atoms with Crippen molar-refractivity contribution in [3.05, 3.63) is 64.4 Å². The molecule has 1 amide bonds. The van der Waals surface area contributed by atoms with E-state index >= 15 is 0 Å². The number of para-hydroxylation sites is 3. The fourth-order valence-electron chi connectivity index (χ4n) is 3.08. The van der Waals surface area contributed by atoms with E-state index in [1.54, 1.807) is 25.3 Å². The molecule has 3 rings (SSSR count). The van der Waals surface area contributed by atoms with Gasteiger partial charge in [-0.2, -0.15) is 0 Å². The number of nitrogens with zero attached hydrogens (tertiary/aromatic N) is 1. The summed E-state index contributed by atoms with van der Waals surface area (Å²) in [6, 6.07) is 14.3. The van der Waals surface area contributed by atoms with E-state index in [2.05, 4.69) is 5.32 Å². The summed E-state index contributed by atoms with van der Waals surface area (Å²) < 4.78 is 12.4. The van der Waals surface area contributed by atoms with Crippen molar-refractivity contribution in [2.45, 2.75) is 20.4 Å². The van der Waals surface area contributed by atoms with Crippen LogP contribution >= 0.6 is 0 Å². The first-order valence-corrected chi connectivity index (χ1v) is 8.74. The standard InChI is InChI=1S/C21H22N2O4/c1-4-27-17-10-6-5-9-16(17)22-19(24)13-23-20(25)12-14(2)15-8-7-11-18(26-3)21(15)23/h5-12H,4,13H2,1-3H3,(H,22,24). The largest absolute Gasteiger partial charge is 0.495 e. The van der Waals surface area contributed by atoms with Gasteiger partial charge in [0, 0.05) is 11.5 Å². The molecule has 0 bridgehead atoms. The van der Waals surface area contributed by atoms with Crippen LogP contribution in [-0.2, 0) is 11.3 Å². The normalized spacial score (nSPS) is 10.6. The Balaban J connectivity index is 1.98. The summed E-state index contributed by atoms with van der Waals surface area (Å²) in [6.07, 6.45) is 0. The highest BCUT2D eigenvalue weighted by molar-refractivity contribution is 5.94. The van der Waals surface area contributed by atoms with E-state index < -0.39 is 0 Å². The molecule has 6 heteroatoms. The molecule has 0 atom stereocenters.